The molecule has 0 amide bonds. The van der Waals surface area contributed by atoms with Crippen molar-refractivity contribution in [3.05, 3.63) is 107 Å². The molecule has 0 fully saturated rings. The number of rotatable bonds is 6. The SMILES string of the molecule is C1=C(c2ccc(-c3ccc(-c4ccc[nH]4)[nH]3)[nH]2)SC(c2ccc(-c3ccc(-c4ccc[nH]4)[nH]3)[nH]2)=CS1. The molecule has 0 bridgehead atoms. The van der Waals surface area contributed by atoms with E-state index in [0.717, 1.165) is 56.9 Å². The Morgan fingerprint density at radius 1 is 0.389 bits per heavy atom. The Morgan fingerprint density at radius 3 is 1.14 bits per heavy atom. The van der Waals surface area contributed by atoms with Gasteiger partial charge in [-0.2, -0.15) is 0 Å². The maximum absolute atomic E-state index is 3.59. The highest BCUT2D eigenvalue weighted by atomic mass is 32.2. The van der Waals surface area contributed by atoms with Gasteiger partial charge in [0.05, 0.1) is 56.9 Å². The van der Waals surface area contributed by atoms with Crippen LogP contribution >= 0.6 is 23.5 Å². The zero-order valence-electron chi connectivity index (χ0n) is 19.1. The van der Waals surface area contributed by atoms with E-state index in [0.29, 0.717) is 0 Å². The number of hydrogen-bond acceptors (Lipinski definition) is 2. The monoisotopic (exact) mass is 506 g/mol. The third-order valence-corrected chi connectivity index (χ3v) is 8.36. The number of aromatic nitrogens is 6. The van der Waals surface area contributed by atoms with Gasteiger partial charge in [-0.25, -0.2) is 0 Å². The quantitative estimate of drug-likeness (QED) is 0.138. The third kappa shape index (κ3) is 3.90. The molecule has 6 aromatic heterocycles. The summed E-state index contributed by atoms with van der Waals surface area (Å²) in [4.78, 5) is 23.1. The van der Waals surface area contributed by atoms with Crippen LogP contribution in [0.2, 0.25) is 0 Å². The Hall–Kier alpha value is -4.14. The van der Waals surface area contributed by atoms with Gasteiger partial charge >= 0.3 is 0 Å². The van der Waals surface area contributed by atoms with Gasteiger partial charge in [0.25, 0.3) is 0 Å². The number of hydrogen-bond donors (Lipinski definition) is 6. The van der Waals surface area contributed by atoms with Gasteiger partial charge in [-0.15, -0.1) is 11.8 Å². The first-order chi connectivity index (χ1) is 17.8. The van der Waals surface area contributed by atoms with Gasteiger partial charge in [0, 0.05) is 22.2 Å². The van der Waals surface area contributed by atoms with Crippen LogP contribution < -0.4 is 0 Å². The van der Waals surface area contributed by atoms with Crippen LogP contribution in [0.25, 0.3) is 55.4 Å². The van der Waals surface area contributed by atoms with E-state index in [9.17, 15) is 0 Å². The lowest BCUT2D eigenvalue weighted by Gasteiger charge is -2.12. The fourth-order valence-corrected chi connectivity index (χ4v) is 6.35. The fourth-order valence-electron chi connectivity index (χ4n) is 4.37. The molecular weight excluding hydrogens is 484 g/mol. The zero-order chi connectivity index (χ0) is 23.9. The van der Waals surface area contributed by atoms with Gasteiger partial charge in [0.15, 0.2) is 0 Å². The van der Waals surface area contributed by atoms with Crippen molar-refractivity contribution in [2.75, 3.05) is 0 Å². The topological polar surface area (TPSA) is 94.7 Å². The largest absolute Gasteiger partial charge is 0.360 e. The van der Waals surface area contributed by atoms with Crippen LogP contribution in [0, 0.1) is 0 Å². The minimum Gasteiger partial charge on any atom is -0.360 e. The van der Waals surface area contributed by atoms with Crippen molar-refractivity contribution in [2.24, 2.45) is 0 Å². The van der Waals surface area contributed by atoms with Crippen molar-refractivity contribution in [2.45, 2.75) is 0 Å². The molecule has 36 heavy (non-hydrogen) atoms. The van der Waals surface area contributed by atoms with E-state index < -0.39 is 0 Å². The van der Waals surface area contributed by atoms with E-state index in [4.69, 9.17) is 0 Å². The molecule has 176 valence electrons. The summed E-state index contributed by atoms with van der Waals surface area (Å²) in [6.45, 7) is 0. The Morgan fingerprint density at radius 2 is 0.750 bits per heavy atom. The summed E-state index contributed by atoms with van der Waals surface area (Å²) >= 11 is 3.48. The number of thioether (sulfide) groups is 2. The highest BCUT2D eigenvalue weighted by Crippen LogP contribution is 2.45. The molecule has 8 heteroatoms. The Balaban J connectivity index is 1.08. The van der Waals surface area contributed by atoms with Gasteiger partial charge in [0.2, 0.25) is 0 Å². The first kappa shape index (κ1) is 21.2. The van der Waals surface area contributed by atoms with Gasteiger partial charge in [0.1, 0.15) is 0 Å². The van der Waals surface area contributed by atoms with Crippen molar-refractivity contribution >= 4 is 33.3 Å². The van der Waals surface area contributed by atoms with Gasteiger partial charge in [-0.1, -0.05) is 11.8 Å². The molecule has 1 aliphatic heterocycles. The van der Waals surface area contributed by atoms with Crippen LogP contribution in [0.1, 0.15) is 11.4 Å². The van der Waals surface area contributed by atoms with Crippen LogP contribution in [0.3, 0.4) is 0 Å². The van der Waals surface area contributed by atoms with E-state index in [2.05, 4.69) is 101 Å². The molecule has 0 spiro atoms. The Kier molecular flexibility index (Phi) is 5.18. The smallest absolute Gasteiger partial charge is 0.0624 e. The van der Waals surface area contributed by atoms with E-state index in [-0.39, 0.29) is 0 Å². The van der Waals surface area contributed by atoms with Crippen LogP contribution in [-0.4, -0.2) is 29.9 Å². The minimum atomic E-state index is 1.06. The van der Waals surface area contributed by atoms with Crippen LogP contribution in [0.5, 0.6) is 0 Å². The summed E-state index contributed by atoms with van der Waals surface area (Å²) in [6, 6.07) is 25.1. The lowest BCUT2D eigenvalue weighted by molar-refractivity contribution is 1.29. The van der Waals surface area contributed by atoms with Gasteiger partial charge < -0.3 is 29.9 Å². The van der Waals surface area contributed by atoms with E-state index in [1.807, 2.05) is 24.5 Å². The number of aromatic amines is 6. The highest BCUT2D eigenvalue weighted by Gasteiger charge is 2.17. The lowest BCUT2D eigenvalue weighted by atomic mass is 10.3. The maximum atomic E-state index is 3.59. The summed E-state index contributed by atoms with van der Waals surface area (Å²) < 4.78 is 0. The molecule has 6 nitrogen and oxygen atoms in total. The molecule has 0 unspecified atom stereocenters. The van der Waals surface area contributed by atoms with Crippen LogP contribution in [0.15, 0.2) is 96.0 Å². The van der Waals surface area contributed by atoms with E-state index >= 15 is 0 Å². The first-order valence-corrected chi connectivity index (χ1v) is 13.3. The van der Waals surface area contributed by atoms with Crippen molar-refractivity contribution < 1.29 is 0 Å². The van der Waals surface area contributed by atoms with Crippen molar-refractivity contribution in [3.63, 3.8) is 0 Å². The molecule has 7 rings (SSSR count). The molecule has 0 atom stereocenters. The van der Waals surface area contributed by atoms with E-state index in [1.54, 1.807) is 23.5 Å². The zero-order valence-corrected chi connectivity index (χ0v) is 20.7. The van der Waals surface area contributed by atoms with Crippen molar-refractivity contribution in [1.29, 1.82) is 0 Å². The molecular formula is C28H22N6S2. The predicted molar refractivity (Wildman–Crippen MR) is 152 cm³/mol. The second kappa shape index (κ2) is 8.82. The normalized spacial score (nSPS) is 13.7. The van der Waals surface area contributed by atoms with E-state index in [1.165, 1.54) is 9.81 Å². The van der Waals surface area contributed by atoms with Gasteiger partial charge in [-0.05, 0) is 83.6 Å². The molecule has 0 aromatic carbocycles. The second-order valence-electron chi connectivity index (χ2n) is 8.51. The average molecular weight is 507 g/mol. The second-order valence-corrected chi connectivity index (χ2v) is 10.3. The molecule has 6 aromatic rings. The molecule has 1 aliphatic rings. The number of H-pyrrole nitrogens is 6. The summed E-state index contributed by atoms with van der Waals surface area (Å²) in [5.74, 6) is 0. The molecule has 0 saturated heterocycles. The molecule has 0 saturated carbocycles. The summed E-state index contributed by atoms with van der Waals surface area (Å²) in [5, 5.41) is 4.39. The minimum absolute atomic E-state index is 1.06. The molecule has 0 radical (unpaired) electrons. The molecule has 0 aliphatic carbocycles. The van der Waals surface area contributed by atoms with Crippen molar-refractivity contribution in [3.8, 4) is 45.6 Å². The summed E-state index contributed by atoms with van der Waals surface area (Å²) in [7, 11) is 0. The molecule has 6 N–H and O–H groups in total. The third-order valence-electron chi connectivity index (χ3n) is 6.20. The fraction of sp³-hybridized carbons (Fsp3) is 0. The Labute approximate surface area is 215 Å². The highest BCUT2D eigenvalue weighted by molar-refractivity contribution is 8.20. The predicted octanol–water partition coefficient (Wildman–Crippen LogP) is 8.10. The van der Waals surface area contributed by atoms with Crippen LogP contribution in [0.4, 0.5) is 0 Å². The maximum Gasteiger partial charge on any atom is 0.0624 e. The number of nitrogens with one attached hydrogen (secondary N) is 6. The van der Waals surface area contributed by atoms with Crippen LogP contribution in [-0.2, 0) is 0 Å². The standard InChI is InChI=1S/C28H22N6S2/c1-3-17(29-13-1)19-5-7-21(31-19)23-9-11-25(33-23)27-15-35-16-28(36-27)26-12-10-24(34-26)22-8-6-20(32-22)18-4-2-14-30-18/h1-16,29-34H. The lowest BCUT2D eigenvalue weighted by Crippen LogP contribution is -1.88. The van der Waals surface area contributed by atoms with Crippen molar-refractivity contribution in [1.82, 2.24) is 29.9 Å². The first-order valence-electron chi connectivity index (χ1n) is 11.6. The summed E-state index contributed by atoms with van der Waals surface area (Å²) in [5.41, 5.74) is 10.8. The van der Waals surface area contributed by atoms with Gasteiger partial charge in [-0.3, -0.25) is 0 Å². The Bertz CT molecular complexity index is 1560. The molecule has 7 heterocycles. The summed E-state index contributed by atoms with van der Waals surface area (Å²) in [6.07, 6.45) is 3.87. The average Bonchev–Trinajstić information content (AvgIpc) is 3.75.